The maximum absolute atomic E-state index is 14.0. The van der Waals surface area contributed by atoms with Crippen molar-refractivity contribution in [3.8, 4) is 0 Å². The number of hydrazine groups is 1. The molecule has 1 aliphatic carbocycles. The van der Waals surface area contributed by atoms with E-state index >= 15 is 0 Å². The van der Waals surface area contributed by atoms with Gasteiger partial charge in [0.05, 0.1) is 19.1 Å². The first-order valence-corrected chi connectivity index (χ1v) is 19.2. The third-order valence-corrected chi connectivity index (χ3v) is 11.0. The molecular formula is C38H56N6O7S. The maximum Gasteiger partial charge on any atom is 0.308 e. The lowest BCUT2D eigenvalue weighted by atomic mass is 9.95. The molecule has 0 unspecified atom stereocenters. The van der Waals surface area contributed by atoms with Crippen LogP contribution in [0.1, 0.15) is 99.8 Å². The molecule has 2 aliphatic rings. The number of nitrogens with one attached hydrogen (secondary N) is 3. The Hall–Kier alpha value is -3.88. The van der Waals surface area contributed by atoms with E-state index in [1.54, 1.807) is 24.3 Å². The van der Waals surface area contributed by atoms with Gasteiger partial charge in [-0.1, -0.05) is 57.5 Å². The number of hydrogen-bond acceptors (Lipinski definition) is 11. The fourth-order valence-corrected chi connectivity index (χ4v) is 7.78. The van der Waals surface area contributed by atoms with Gasteiger partial charge in [-0.05, 0) is 69.5 Å². The lowest BCUT2D eigenvalue weighted by molar-refractivity contribution is -0.149. The summed E-state index contributed by atoms with van der Waals surface area (Å²) in [6.07, 6.45) is 4.94. The summed E-state index contributed by atoms with van der Waals surface area (Å²) in [4.78, 5) is 73.5. The van der Waals surface area contributed by atoms with Crippen LogP contribution in [0.25, 0.3) is 0 Å². The van der Waals surface area contributed by atoms with E-state index in [0.29, 0.717) is 17.8 Å². The number of thiazole rings is 1. The third-order valence-electron chi connectivity index (χ3n) is 10.1. The van der Waals surface area contributed by atoms with Gasteiger partial charge < -0.3 is 19.7 Å². The van der Waals surface area contributed by atoms with Crippen molar-refractivity contribution >= 4 is 41.0 Å². The molecular weight excluding hydrogens is 685 g/mol. The quantitative estimate of drug-likeness (QED) is 0.150. The molecule has 0 radical (unpaired) electrons. The first kappa shape index (κ1) is 40.9. The molecule has 3 amide bonds. The first-order valence-electron chi connectivity index (χ1n) is 18.4. The highest BCUT2D eigenvalue weighted by atomic mass is 32.1. The summed E-state index contributed by atoms with van der Waals surface area (Å²) in [7, 11) is 5.04. The van der Waals surface area contributed by atoms with Gasteiger partial charge in [-0.25, -0.2) is 10.4 Å². The summed E-state index contributed by atoms with van der Waals surface area (Å²) in [6.45, 7) is 7.96. The van der Waals surface area contributed by atoms with Gasteiger partial charge in [0.1, 0.15) is 16.7 Å². The van der Waals surface area contributed by atoms with Crippen LogP contribution in [0.2, 0.25) is 0 Å². The number of nitrogens with zero attached hydrogens (tertiary/aromatic N) is 3. The van der Waals surface area contributed by atoms with Crippen LogP contribution < -0.4 is 16.2 Å². The normalized spacial score (nSPS) is 19.1. The number of benzene rings is 1. The van der Waals surface area contributed by atoms with Gasteiger partial charge in [0.25, 0.3) is 11.8 Å². The van der Waals surface area contributed by atoms with Gasteiger partial charge in [0, 0.05) is 37.9 Å². The van der Waals surface area contributed by atoms with Crippen LogP contribution in [0.4, 0.5) is 0 Å². The zero-order valence-electron chi connectivity index (χ0n) is 31.6. The summed E-state index contributed by atoms with van der Waals surface area (Å²) >= 11 is 1.21. The number of piperidine rings is 1. The van der Waals surface area contributed by atoms with Crippen LogP contribution in [0.3, 0.4) is 0 Å². The molecule has 6 atom stereocenters. The molecule has 14 heteroatoms. The maximum atomic E-state index is 14.0. The predicted octanol–water partition coefficient (Wildman–Crippen LogP) is 4.04. The fourth-order valence-electron chi connectivity index (χ4n) is 6.94. The SMILES string of the molecule is COC(=O)[C@@H](C)C[C@H](Cc1ccccc1)NC(=O)c1csc([C@@H](C[C@H](C(C)C)N(C)C(=O)[C@@H](NNC(=O)[C@H]2CCCCN2C)C2CC2)OC(C)=O)n1. The lowest BCUT2D eigenvalue weighted by Crippen LogP contribution is -2.59. The van der Waals surface area contributed by atoms with E-state index in [1.165, 1.54) is 25.4 Å². The van der Waals surface area contributed by atoms with Crippen LogP contribution in [0.5, 0.6) is 0 Å². The van der Waals surface area contributed by atoms with Gasteiger partial charge in [-0.15, -0.1) is 11.3 Å². The molecule has 0 bridgehead atoms. The smallest absolute Gasteiger partial charge is 0.308 e. The molecule has 286 valence electrons. The van der Waals surface area contributed by atoms with Gasteiger partial charge in [0.15, 0.2) is 6.10 Å². The number of esters is 2. The second-order valence-corrected chi connectivity index (χ2v) is 15.5. The van der Waals surface area contributed by atoms with Crippen LogP contribution >= 0.6 is 11.3 Å². The molecule has 52 heavy (non-hydrogen) atoms. The minimum absolute atomic E-state index is 0.0179. The van der Waals surface area contributed by atoms with Gasteiger partial charge in [0.2, 0.25) is 5.91 Å². The van der Waals surface area contributed by atoms with E-state index in [4.69, 9.17) is 9.47 Å². The van der Waals surface area contributed by atoms with E-state index in [1.807, 2.05) is 56.1 Å². The number of carbonyl (C=O) groups is 5. The molecule has 2 fully saturated rings. The number of methoxy groups -OCH3 is 1. The van der Waals surface area contributed by atoms with E-state index < -0.39 is 29.9 Å². The predicted molar refractivity (Wildman–Crippen MR) is 198 cm³/mol. The Bertz CT molecular complexity index is 1520. The molecule has 1 saturated carbocycles. The fraction of sp³-hybridized carbons (Fsp3) is 0.632. The van der Waals surface area contributed by atoms with Crippen molar-refractivity contribution < 1.29 is 33.4 Å². The number of likely N-dealkylation sites (N-methyl/N-ethyl adjacent to an activating group) is 2. The summed E-state index contributed by atoms with van der Waals surface area (Å²) in [5, 5.41) is 5.11. The van der Waals surface area contributed by atoms with Crippen LogP contribution in [-0.2, 0) is 35.1 Å². The lowest BCUT2D eigenvalue weighted by Gasteiger charge is -2.36. The summed E-state index contributed by atoms with van der Waals surface area (Å²) in [5.74, 6) is -1.89. The standard InChI is InChI=1S/C38H56N6O7S/c1-23(2)31(44(6)37(48)33(27-16-17-27)41-42-35(47)30-15-11-12-18-43(30)5)21-32(51-25(4)45)36-40-29(22-52-36)34(46)39-28(19-24(3)38(49)50-7)20-26-13-9-8-10-14-26/h8-10,13-14,22-24,27-28,30-33,41H,11-12,15-21H2,1-7H3,(H,39,46)(H,42,47)/t24-,28+,30+,31+,32+,33-/m0/s1. The third kappa shape index (κ3) is 11.6. The number of carbonyl (C=O) groups excluding carboxylic acids is 5. The molecule has 0 spiro atoms. The number of hydrogen-bond donors (Lipinski definition) is 3. The minimum atomic E-state index is -0.806. The van der Waals surface area contributed by atoms with Crippen LogP contribution in [0.15, 0.2) is 35.7 Å². The second-order valence-electron chi connectivity index (χ2n) is 14.6. The van der Waals surface area contributed by atoms with E-state index in [9.17, 15) is 24.0 Å². The molecule has 1 aromatic heterocycles. The molecule has 4 rings (SSSR count). The average Bonchev–Trinajstić information content (AvgIpc) is 3.83. The second kappa shape index (κ2) is 19.3. The molecule has 1 aliphatic heterocycles. The molecule has 2 aromatic rings. The van der Waals surface area contributed by atoms with Gasteiger partial charge in [-0.2, -0.15) is 0 Å². The Morgan fingerprint density at radius 2 is 1.75 bits per heavy atom. The van der Waals surface area contributed by atoms with Gasteiger partial charge in [-0.3, -0.25) is 34.3 Å². The summed E-state index contributed by atoms with van der Waals surface area (Å²) in [6, 6.07) is 8.16. The number of amides is 3. The van der Waals surface area contributed by atoms with Crippen molar-refractivity contribution in [2.24, 2.45) is 17.8 Å². The highest BCUT2D eigenvalue weighted by molar-refractivity contribution is 7.09. The van der Waals surface area contributed by atoms with Crippen molar-refractivity contribution in [2.45, 2.75) is 109 Å². The minimum Gasteiger partial charge on any atom is -0.469 e. The molecule has 1 saturated heterocycles. The topological polar surface area (TPSA) is 159 Å². The number of likely N-dealkylation sites (tertiary alicyclic amines) is 1. The summed E-state index contributed by atoms with van der Waals surface area (Å²) in [5.41, 5.74) is 7.10. The van der Waals surface area contributed by atoms with Crippen molar-refractivity contribution in [1.29, 1.82) is 0 Å². The zero-order chi connectivity index (χ0) is 37.9. The Balaban J connectivity index is 1.46. The Kier molecular flexibility index (Phi) is 15.2. The largest absolute Gasteiger partial charge is 0.469 e. The first-order chi connectivity index (χ1) is 24.8. The van der Waals surface area contributed by atoms with Crippen LogP contribution in [-0.4, -0.2) is 96.4 Å². The highest BCUT2D eigenvalue weighted by Crippen LogP contribution is 2.35. The molecule has 2 heterocycles. The molecule has 13 nitrogen and oxygen atoms in total. The van der Waals surface area contributed by atoms with E-state index in [0.717, 1.165) is 44.2 Å². The van der Waals surface area contributed by atoms with E-state index in [2.05, 4.69) is 21.2 Å². The van der Waals surface area contributed by atoms with E-state index in [-0.39, 0.29) is 59.9 Å². The number of aromatic nitrogens is 1. The van der Waals surface area contributed by atoms with Crippen molar-refractivity contribution in [2.75, 3.05) is 27.7 Å². The Labute approximate surface area is 311 Å². The summed E-state index contributed by atoms with van der Waals surface area (Å²) < 4.78 is 10.7. The Morgan fingerprint density at radius 3 is 2.37 bits per heavy atom. The number of ether oxygens (including phenoxy) is 2. The average molecular weight is 741 g/mol. The molecule has 1 aromatic carbocycles. The monoisotopic (exact) mass is 740 g/mol. The molecule has 3 N–H and O–H groups in total. The highest BCUT2D eigenvalue weighted by Gasteiger charge is 2.41. The van der Waals surface area contributed by atoms with Crippen molar-refractivity contribution in [3.63, 3.8) is 0 Å². The van der Waals surface area contributed by atoms with Crippen molar-refractivity contribution in [1.82, 2.24) is 31.0 Å². The van der Waals surface area contributed by atoms with Crippen molar-refractivity contribution in [3.05, 3.63) is 52.0 Å². The van der Waals surface area contributed by atoms with Gasteiger partial charge >= 0.3 is 11.9 Å². The number of rotatable bonds is 18. The zero-order valence-corrected chi connectivity index (χ0v) is 32.4. The Morgan fingerprint density at radius 1 is 1.04 bits per heavy atom. The van der Waals surface area contributed by atoms with Crippen LogP contribution in [0, 0.1) is 17.8 Å².